The third kappa shape index (κ3) is 4.21. The Labute approximate surface area is 143 Å². The van der Waals surface area contributed by atoms with Crippen molar-refractivity contribution in [3.63, 3.8) is 0 Å². The topological polar surface area (TPSA) is 32.3 Å². The van der Waals surface area contributed by atoms with Gasteiger partial charge in [-0.25, -0.2) is 9.97 Å². The number of anilines is 1. The Morgan fingerprint density at radius 3 is 2.35 bits per heavy atom. The van der Waals surface area contributed by atoms with Crippen molar-refractivity contribution < 1.29 is 0 Å². The van der Waals surface area contributed by atoms with Crippen LogP contribution in [0.15, 0.2) is 36.7 Å². The number of aromatic nitrogens is 2. The molecule has 1 fully saturated rings. The Kier molecular flexibility index (Phi) is 5.13. The molecule has 23 heavy (non-hydrogen) atoms. The number of nitrogens with zero attached hydrogens (tertiary/aromatic N) is 4. The molecule has 0 bridgehead atoms. The SMILES string of the molecule is Cc1cnc(N(C)C2CCN(Cc3ccc(Cl)cc3)CC2)nc1. The number of piperidine rings is 1. The summed E-state index contributed by atoms with van der Waals surface area (Å²) >= 11 is 5.95. The van der Waals surface area contributed by atoms with Gasteiger partial charge in [0.1, 0.15) is 0 Å². The van der Waals surface area contributed by atoms with Crippen LogP contribution in [-0.4, -0.2) is 41.0 Å². The van der Waals surface area contributed by atoms with Gasteiger partial charge < -0.3 is 4.90 Å². The van der Waals surface area contributed by atoms with E-state index in [1.54, 1.807) is 0 Å². The van der Waals surface area contributed by atoms with Crippen LogP contribution >= 0.6 is 11.6 Å². The number of hydrogen-bond acceptors (Lipinski definition) is 4. The Morgan fingerprint density at radius 2 is 1.74 bits per heavy atom. The van der Waals surface area contributed by atoms with E-state index in [1.807, 2.05) is 31.5 Å². The number of hydrogen-bond donors (Lipinski definition) is 0. The van der Waals surface area contributed by atoms with E-state index in [2.05, 4.69) is 38.9 Å². The van der Waals surface area contributed by atoms with Crippen molar-refractivity contribution in [1.29, 1.82) is 0 Å². The molecule has 0 spiro atoms. The van der Waals surface area contributed by atoms with E-state index in [9.17, 15) is 0 Å². The smallest absolute Gasteiger partial charge is 0.225 e. The molecular weight excluding hydrogens is 308 g/mol. The zero-order valence-electron chi connectivity index (χ0n) is 13.7. The maximum Gasteiger partial charge on any atom is 0.225 e. The normalized spacial score (nSPS) is 16.5. The van der Waals surface area contributed by atoms with Crippen molar-refractivity contribution in [3.05, 3.63) is 52.8 Å². The minimum Gasteiger partial charge on any atom is -0.341 e. The summed E-state index contributed by atoms with van der Waals surface area (Å²) in [7, 11) is 2.10. The van der Waals surface area contributed by atoms with Crippen LogP contribution in [0.4, 0.5) is 5.95 Å². The van der Waals surface area contributed by atoms with E-state index in [1.165, 1.54) is 5.56 Å². The summed E-state index contributed by atoms with van der Waals surface area (Å²) in [5.41, 5.74) is 2.42. The van der Waals surface area contributed by atoms with Gasteiger partial charge in [0.05, 0.1) is 0 Å². The van der Waals surface area contributed by atoms with E-state index >= 15 is 0 Å². The highest BCUT2D eigenvalue weighted by Gasteiger charge is 2.23. The molecule has 0 N–H and O–H groups in total. The van der Waals surface area contributed by atoms with Gasteiger partial charge in [-0.05, 0) is 43.0 Å². The van der Waals surface area contributed by atoms with Gasteiger partial charge in [0.25, 0.3) is 0 Å². The van der Waals surface area contributed by atoms with Crippen molar-refractivity contribution in [2.45, 2.75) is 32.4 Å². The van der Waals surface area contributed by atoms with E-state index < -0.39 is 0 Å². The first kappa shape index (κ1) is 16.2. The zero-order valence-corrected chi connectivity index (χ0v) is 14.5. The molecule has 0 amide bonds. The molecular formula is C18H23ClN4. The second kappa shape index (κ2) is 7.28. The second-order valence-corrected chi connectivity index (χ2v) is 6.74. The summed E-state index contributed by atoms with van der Waals surface area (Å²) in [6.07, 6.45) is 6.05. The Bertz CT molecular complexity index is 618. The Balaban J connectivity index is 1.53. The predicted octanol–water partition coefficient (Wildman–Crippen LogP) is 3.54. The molecule has 4 nitrogen and oxygen atoms in total. The van der Waals surface area contributed by atoms with Crippen LogP contribution in [0.2, 0.25) is 5.02 Å². The molecule has 0 radical (unpaired) electrons. The van der Waals surface area contributed by atoms with Gasteiger partial charge in [-0.15, -0.1) is 0 Å². The van der Waals surface area contributed by atoms with Crippen LogP contribution in [0, 0.1) is 6.92 Å². The monoisotopic (exact) mass is 330 g/mol. The van der Waals surface area contributed by atoms with Gasteiger partial charge in [-0.2, -0.15) is 0 Å². The summed E-state index contributed by atoms with van der Waals surface area (Å²) in [5.74, 6) is 0.826. The van der Waals surface area contributed by atoms with Gasteiger partial charge in [0, 0.05) is 50.1 Å². The standard InChI is InChI=1S/C18H23ClN4/c1-14-11-20-18(21-12-14)22(2)17-7-9-23(10-8-17)13-15-3-5-16(19)6-4-15/h3-6,11-12,17H,7-10,13H2,1-2H3. The van der Waals surface area contributed by atoms with Crippen LogP contribution < -0.4 is 4.90 Å². The first-order valence-electron chi connectivity index (χ1n) is 8.10. The number of halogens is 1. The maximum absolute atomic E-state index is 5.95. The predicted molar refractivity (Wildman–Crippen MR) is 94.9 cm³/mol. The highest BCUT2D eigenvalue weighted by atomic mass is 35.5. The van der Waals surface area contributed by atoms with Crippen molar-refractivity contribution in [3.8, 4) is 0 Å². The molecule has 0 saturated carbocycles. The van der Waals surface area contributed by atoms with Crippen molar-refractivity contribution in [2.24, 2.45) is 0 Å². The fourth-order valence-electron chi connectivity index (χ4n) is 3.04. The van der Waals surface area contributed by atoms with E-state index in [4.69, 9.17) is 11.6 Å². The molecule has 2 aromatic rings. The van der Waals surface area contributed by atoms with Crippen LogP contribution in [0.3, 0.4) is 0 Å². The molecule has 1 aromatic carbocycles. The van der Waals surface area contributed by atoms with E-state index in [0.29, 0.717) is 6.04 Å². The highest BCUT2D eigenvalue weighted by molar-refractivity contribution is 6.30. The summed E-state index contributed by atoms with van der Waals surface area (Å²) in [5, 5.41) is 0.798. The molecule has 1 aliphatic rings. The average molecular weight is 331 g/mol. The maximum atomic E-state index is 5.95. The number of aryl methyl sites for hydroxylation is 1. The number of likely N-dealkylation sites (tertiary alicyclic amines) is 1. The highest BCUT2D eigenvalue weighted by Crippen LogP contribution is 2.21. The van der Waals surface area contributed by atoms with Crippen LogP contribution in [0.1, 0.15) is 24.0 Å². The van der Waals surface area contributed by atoms with E-state index in [0.717, 1.165) is 49.0 Å². The van der Waals surface area contributed by atoms with Crippen molar-refractivity contribution in [1.82, 2.24) is 14.9 Å². The van der Waals surface area contributed by atoms with Crippen LogP contribution in [-0.2, 0) is 6.54 Å². The summed E-state index contributed by atoms with van der Waals surface area (Å²) in [4.78, 5) is 13.6. The van der Waals surface area contributed by atoms with Gasteiger partial charge in [-0.1, -0.05) is 23.7 Å². The first-order valence-corrected chi connectivity index (χ1v) is 8.48. The third-order valence-corrected chi connectivity index (χ3v) is 4.76. The molecule has 1 aromatic heterocycles. The van der Waals surface area contributed by atoms with Gasteiger partial charge in [-0.3, -0.25) is 4.90 Å². The summed E-state index contributed by atoms with van der Waals surface area (Å²) < 4.78 is 0. The molecule has 0 aliphatic carbocycles. The molecule has 1 aliphatic heterocycles. The first-order chi connectivity index (χ1) is 11.1. The lowest BCUT2D eigenvalue weighted by Crippen LogP contribution is -2.43. The van der Waals surface area contributed by atoms with Crippen molar-refractivity contribution >= 4 is 17.5 Å². The third-order valence-electron chi connectivity index (χ3n) is 4.51. The lowest BCUT2D eigenvalue weighted by Gasteiger charge is -2.36. The molecule has 122 valence electrons. The molecule has 0 unspecified atom stereocenters. The van der Waals surface area contributed by atoms with Gasteiger partial charge in [0.2, 0.25) is 5.95 Å². The summed E-state index contributed by atoms with van der Waals surface area (Å²) in [6, 6.07) is 8.67. The number of rotatable bonds is 4. The fourth-order valence-corrected chi connectivity index (χ4v) is 3.17. The largest absolute Gasteiger partial charge is 0.341 e. The molecule has 0 atom stereocenters. The van der Waals surface area contributed by atoms with Crippen LogP contribution in [0.5, 0.6) is 0 Å². The Morgan fingerprint density at radius 1 is 1.13 bits per heavy atom. The zero-order chi connectivity index (χ0) is 16.2. The minimum absolute atomic E-state index is 0.513. The molecule has 3 rings (SSSR count). The quantitative estimate of drug-likeness (QED) is 0.858. The minimum atomic E-state index is 0.513. The fraction of sp³-hybridized carbons (Fsp3) is 0.444. The average Bonchev–Trinajstić information content (AvgIpc) is 2.58. The Hall–Kier alpha value is -1.65. The van der Waals surface area contributed by atoms with Crippen molar-refractivity contribution in [2.75, 3.05) is 25.0 Å². The molecule has 5 heteroatoms. The molecule has 2 heterocycles. The number of benzene rings is 1. The van der Waals surface area contributed by atoms with Gasteiger partial charge >= 0.3 is 0 Å². The lowest BCUT2D eigenvalue weighted by atomic mass is 10.0. The lowest BCUT2D eigenvalue weighted by molar-refractivity contribution is 0.203. The second-order valence-electron chi connectivity index (χ2n) is 6.31. The van der Waals surface area contributed by atoms with Gasteiger partial charge in [0.15, 0.2) is 0 Å². The van der Waals surface area contributed by atoms with E-state index in [-0.39, 0.29) is 0 Å². The van der Waals surface area contributed by atoms with Crippen LogP contribution in [0.25, 0.3) is 0 Å². The molecule has 1 saturated heterocycles. The summed E-state index contributed by atoms with van der Waals surface area (Å²) in [6.45, 7) is 5.21.